The molecule has 0 radical (unpaired) electrons. The van der Waals surface area contributed by atoms with E-state index in [0.29, 0.717) is 17.9 Å². The summed E-state index contributed by atoms with van der Waals surface area (Å²) >= 11 is 0. The van der Waals surface area contributed by atoms with Gasteiger partial charge in [-0.15, -0.1) is 0 Å². The molecule has 0 unspecified atom stereocenters. The molecule has 0 aromatic carbocycles. The highest BCUT2D eigenvalue weighted by Crippen LogP contribution is 2.33. The molecule has 8 heteroatoms. The van der Waals surface area contributed by atoms with Crippen molar-refractivity contribution in [3.8, 4) is 0 Å². The van der Waals surface area contributed by atoms with E-state index in [1.807, 2.05) is 0 Å². The Balaban J connectivity index is 0.000000182. The van der Waals surface area contributed by atoms with E-state index in [-0.39, 0.29) is 0 Å². The number of rotatable bonds is 1. The predicted octanol–water partition coefficient (Wildman–Crippen LogP) is 0.850. The van der Waals surface area contributed by atoms with Crippen LogP contribution in [0, 0.1) is 11.8 Å². The van der Waals surface area contributed by atoms with Gasteiger partial charge in [0, 0.05) is 31.6 Å². The molecule has 2 heterocycles. The average Bonchev–Trinajstić information content (AvgIpc) is 3.14. The fourth-order valence-electron chi connectivity index (χ4n) is 2.60. The molecule has 5 nitrogen and oxygen atoms in total. The van der Waals surface area contributed by atoms with Gasteiger partial charge in [-0.05, 0) is 25.2 Å². The maximum absolute atomic E-state index is 11.8. The molecule has 2 saturated heterocycles. The molecule has 3 rings (SSSR count). The first-order valence-electron chi connectivity index (χ1n) is 6.59. The van der Waals surface area contributed by atoms with E-state index in [4.69, 9.17) is 9.90 Å². The largest absolute Gasteiger partial charge is 0.490 e. The molecule has 3 aliphatic rings. The van der Waals surface area contributed by atoms with Crippen molar-refractivity contribution in [2.75, 3.05) is 19.6 Å². The number of hydrogen-bond acceptors (Lipinski definition) is 3. The number of halogens is 3. The van der Waals surface area contributed by atoms with E-state index in [1.54, 1.807) is 0 Å². The number of hydrogen-bond donors (Lipinski definition) is 2. The van der Waals surface area contributed by atoms with Gasteiger partial charge in [0.15, 0.2) is 0 Å². The van der Waals surface area contributed by atoms with Crippen LogP contribution in [0.4, 0.5) is 13.2 Å². The molecule has 1 amide bonds. The first-order valence-corrected chi connectivity index (χ1v) is 6.59. The Morgan fingerprint density at radius 3 is 2.25 bits per heavy atom. The van der Waals surface area contributed by atoms with E-state index < -0.39 is 12.1 Å². The van der Waals surface area contributed by atoms with Crippen LogP contribution in [0.3, 0.4) is 0 Å². The first kappa shape index (κ1) is 15.1. The van der Waals surface area contributed by atoms with Crippen molar-refractivity contribution in [1.82, 2.24) is 10.2 Å². The SMILES string of the molecule is O=C(C1CC1)N1C[C@H]2CN[C@H](C2)C1.O=C(O)C(F)(F)F. The van der Waals surface area contributed by atoms with E-state index in [2.05, 4.69) is 10.2 Å². The number of carbonyl (C=O) groups is 2. The van der Waals surface area contributed by atoms with Gasteiger partial charge in [-0.3, -0.25) is 4.79 Å². The molecule has 2 N–H and O–H groups in total. The van der Waals surface area contributed by atoms with Crippen LogP contribution < -0.4 is 5.32 Å². The Kier molecular flexibility index (Phi) is 4.22. The summed E-state index contributed by atoms with van der Waals surface area (Å²) in [4.78, 5) is 22.8. The summed E-state index contributed by atoms with van der Waals surface area (Å²) in [6, 6.07) is 0.599. The van der Waals surface area contributed by atoms with Crippen LogP contribution in [0.15, 0.2) is 0 Å². The zero-order valence-corrected chi connectivity index (χ0v) is 10.8. The molecule has 20 heavy (non-hydrogen) atoms. The Morgan fingerprint density at radius 1 is 1.20 bits per heavy atom. The molecule has 3 fully saturated rings. The van der Waals surface area contributed by atoms with Crippen molar-refractivity contribution in [2.45, 2.75) is 31.5 Å². The summed E-state index contributed by atoms with van der Waals surface area (Å²) in [7, 11) is 0. The minimum Gasteiger partial charge on any atom is -0.475 e. The molecule has 2 atom stereocenters. The van der Waals surface area contributed by atoms with Gasteiger partial charge in [0.25, 0.3) is 0 Å². The lowest BCUT2D eigenvalue weighted by Crippen LogP contribution is -2.45. The Bertz CT molecular complexity index is 384. The van der Waals surface area contributed by atoms with Gasteiger partial charge in [0.1, 0.15) is 0 Å². The fraction of sp³-hybridized carbons (Fsp3) is 0.833. The molecule has 2 aliphatic heterocycles. The molecule has 114 valence electrons. The first-order chi connectivity index (χ1) is 9.27. The van der Waals surface area contributed by atoms with Crippen molar-refractivity contribution in [3.05, 3.63) is 0 Å². The Morgan fingerprint density at radius 2 is 1.80 bits per heavy atom. The lowest BCUT2D eigenvalue weighted by Gasteiger charge is -2.31. The van der Waals surface area contributed by atoms with Crippen LogP contribution in [-0.4, -0.2) is 53.7 Å². The zero-order valence-electron chi connectivity index (χ0n) is 10.8. The number of nitrogens with one attached hydrogen (secondary N) is 1. The third-order valence-corrected chi connectivity index (χ3v) is 3.71. The van der Waals surface area contributed by atoms with E-state index >= 15 is 0 Å². The van der Waals surface area contributed by atoms with Crippen molar-refractivity contribution < 1.29 is 27.9 Å². The summed E-state index contributed by atoms with van der Waals surface area (Å²) in [6.45, 7) is 3.10. The number of fused-ring (bicyclic) bond motifs is 2. The minimum absolute atomic E-state index is 0.400. The number of piperidine rings is 1. The smallest absolute Gasteiger partial charge is 0.475 e. The second-order valence-electron chi connectivity index (χ2n) is 5.53. The van der Waals surface area contributed by atoms with Crippen LogP contribution in [0.5, 0.6) is 0 Å². The number of likely N-dealkylation sites (tertiary alicyclic amines) is 1. The summed E-state index contributed by atoms with van der Waals surface area (Å²) in [6.07, 6.45) is -1.52. The van der Waals surface area contributed by atoms with Crippen molar-refractivity contribution in [2.24, 2.45) is 11.8 Å². The number of amides is 1. The fourth-order valence-corrected chi connectivity index (χ4v) is 2.60. The van der Waals surface area contributed by atoms with Gasteiger partial charge in [-0.2, -0.15) is 13.2 Å². The molecular formula is C12H17F3N2O3. The summed E-state index contributed by atoms with van der Waals surface area (Å²) in [5, 5.41) is 10.6. The van der Waals surface area contributed by atoms with Crippen LogP contribution in [-0.2, 0) is 9.59 Å². The number of carbonyl (C=O) groups excluding carboxylic acids is 1. The monoisotopic (exact) mass is 294 g/mol. The standard InChI is InChI=1S/C10H16N2O.C2HF3O2/c13-10(8-1-2-8)12-5-7-3-9(6-12)11-4-7;3-2(4,5)1(6)7/h7-9,11H,1-6H2;(H,6,7)/t7-,9-;/m1./s1. The minimum atomic E-state index is -5.08. The van der Waals surface area contributed by atoms with Gasteiger partial charge in [0.2, 0.25) is 5.91 Å². The molecule has 0 spiro atoms. The Labute approximate surface area is 114 Å². The maximum Gasteiger partial charge on any atom is 0.490 e. The van der Waals surface area contributed by atoms with E-state index in [0.717, 1.165) is 38.4 Å². The normalized spacial score (nSPS) is 28.6. The third kappa shape index (κ3) is 3.84. The molecule has 0 aromatic heterocycles. The highest BCUT2D eigenvalue weighted by atomic mass is 19.4. The maximum atomic E-state index is 11.8. The van der Waals surface area contributed by atoms with Crippen molar-refractivity contribution in [1.29, 1.82) is 0 Å². The number of aliphatic carboxylic acids is 1. The van der Waals surface area contributed by atoms with Crippen LogP contribution in [0.25, 0.3) is 0 Å². The Hall–Kier alpha value is -1.31. The second kappa shape index (κ2) is 5.59. The van der Waals surface area contributed by atoms with Crippen molar-refractivity contribution >= 4 is 11.9 Å². The topological polar surface area (TPSA) is 69.6 Å². The lowest BCUT2D eigenvalue weighted by molar-refractivity contribution is -0.192. The van der Waals surface area contributed by atoms with Crippen molar-refractivity contribution in [3.63, 3.8) is 0 Å². The van der Waals surface area contributed by atoms with Crippen LogP contribution >= 0.6 is 0 Å². The predicted molar refractivity (Wildman–Crippen MR) is 62.9 cm³/mol. The summed E-state index contributed by atoms with van der Waals surface area (Å²) < 4.78 is 31.7. The van der Waals surface area contributed by atoms with Gasteiger partial charge in [-0.25, -0.2) is 4.79 Å². The molecule has 1 saturated carbocycles. The summed E-state index contributed by atoms with van der Waals surface area (Å²) in [5.41, 5.74) is 0. The highest BCUT2D eigenvalue weighted by Gasteiger charge is 2.40. The third-order valence-electron chi connectivity index (χ3n) is 3.71. The van der Waals surface area contributed by atoms with Gasteiger partial charge in [0.05, 0.1) is 0 Å². The van der Waals surface area contributed by atoms with E-state index in [9.17, 15) is 18.0 Å². The number of carboxylic acid groups (broad SMARTS) is 1. The summed E-state index contributed by atoms with van der Waals surface area (Å²) in [5.74, 6) is -1.19. The average molecular weight is 294 g/mol. The van der Waals surface area contributed by atoms with Crippen LogP contribution in [0.2, 0.25) is 0 Å². The van der Waals surface area contributed by atoms with Crippen LogP contribution in [0.1, 0.15) is 19.3 Å². The second-order valence-corrected chi connectivity index (χ2v) is 5.53. The molecular weight excluding hydrogens is 277 g/mol. The molecule has 2 bridgehead atoms. The quantitative estimate of drug-likeness (QED) is 0.752. The lowest BCUT2D eigenvalue weighted by atomic mass is 10.00. The van der Waals surface area contributed by atoms with Gasteiger partial charge < -0.3 is 15.3 Å². The molecule has 1 aliphatic carbocycles. The molecule has 0 aromatic rings. The number of nitrogens with zero attached hydrogens (tertiary/aromatic N) is 1. The van der Waals surface area contributed by atoms with E-state index in [1.165, 1.54) is 6.42 Å². The van der Waals surface area contributed by atoms with Gasteiger partial charge in [-0.1, -0.05) is 0 Å². The zero-order chi connectivity index (χ0) is 14.9. The number of alkyl halides is 3. The highest BCUT2D eigenvalue weighted by molar-refractivity contribution is 5.81. The number of carboxylic acids is 1. The van der Waals surface area contributed by atoms with Gasteiger partial charge >= 0.3 is 12.1 Å².